The first kappa shape index (κ1) is 18.8. The van der Waals surface area contributed by atoms with Crippen molar-refractivity contribution in [3.8, 4) is 11.5 Å². The van der Waals surface area contributed by atoms with Crippen LogP contribution in [-0.2, 0) is 0 Å². The number of pyridine rings is 1. The third-order valence-corrected chi connectivity index (χ3v) is 4.97. The highest BCUT2D eigenvalue weighted by molar-refractivity contribution is 7.13. The van der Waals surface area contributed by atoms with Crippen molar-refractivity contribution in [1.82, 2.24) is 25.3 Å². The van der Waals surface area contributed by atoms with Gasteiger partial charge < -0.3 is 10.1 Å². The number of amides is 1. The molecule has 0 aliphatic rings. The molecule has 0 bridgehead atoms. The number of nitrogens with zero attached hydrogens (tertiary/aromatic N) is 5. The van der Waals surface area contributed by atoms with Gasteiger partial charge in [-0.05, 0) is 31.2 Å². The molecule has 0 saturated carbocycles. The second kappa shape index (κ2) is 8.19. The molecule has 9 heteroatoms. The molecule has 0 saturated heterocycles. The van der Waals surface area contributed by atoms with Gasteiger partial charge in [0.05, 0.1) is 5.52 Å². The second-order valence-corrected chi connectivity index (χ2v) is 6.88. The predicted molar refractivity (Wildman–Crippen MR) is 112 cm³/mol. The highest BCUT2D eigenvalue weighted by Gasteiger charge is 2.13. The van der Waals surface area contributed by atoms with E-state index in [-0.39, 0.29) is 5.91 Å². The number of anilines is 2. The molecule has 3 heterocycles. The lowest BCUT2D eigenvalue weighted by Crippen LogP contribution is -2.18. The van der Waals surface area contributed by atoms with Crippen LogP contribution in [-0.4, -0.2) is 39.4 Å². The van der Waals surface area contributed by atoms with Crippen LogP contribution in [0.15, 0.2) is 54.3 Å². The predicted octanol–water partition coefficient (Wildman–Crippen LogP) is 3.79. The van der Waals surface area contributed by atoms with Crippen molar-refractivity contribution in [2.75, 3.05) is 18.5 Å². The number of thiazole rings is 1. The summed E-state index contributed by atoms with van der Waals surface area (Å²) in [6.07, 6.45) is 5.07. The summed E-state index contributed by atoms with van der Waals surface area (Å²) >= 11 is 1.55. The van der Waals surface area contributed by atoms with Gasteiger partial charge in [-0.2, -0.15) is 0 Å². The molecule has 0 fully saturated rings. The van der Waals surface area contributed by atoms with E-state index in [4.69, 9.17) is 4.74 Å². The Morgan fingerprint density at radius 2 is 2.00 bits per heavy atom. The third-order valence-electron chi connectivity index (χ3n) is 4.17. The van der Waals surface area contributed by atoms with E-state index in [1.807, 2.05) is 35.4 Å². The summed E-state index contributed by atoms with van der Waals surface area (Å²) in [4.78, 5) is 31.2. The fourth-order valence-electron chi connectivity index (χ4n) is 2.77. The van der Waals surface area contributed by atoms with E-state index in [0.717, 1.165) is 22.6 Å². The zero-order valence-corrected chi connectivity index (χ0v) is 16.7. The molecule has 0 atom stereocenters. The summed E-state index contributed by atoms with van der Waals surface area (Å²) in [5.74, 6) is 1.48. The lowest BCUT2D eigenvalue weighted by molar-refractivity contribution is 0.0958. The first-order chi connectivity index (χ1) is 14.2. The molecule has 146 valence electrons. The van der Waals surface area contributed by atoms with E-state index >= 15 is 0 Å². The van der Waals surface area contributed by atoms with Crippen LogP contribution in [0.2, 0.25) is 0 Å². The van der Waals surface area contributed by atoms with Crippen molar-refractivity contribution < 1.29 is 9.53 Å². The second-order valence-electron chi connectivity index (χ2n) is 6.01. The highest BCUT2D eigenvalue weighted by Crippen LogP contribution is 2.28. The van der Waals surface area contributed by atoms with Crippen LogP contribution in [0, 0.1) is 0 Å². The van der Waals surface area contributed by atoms with E-state index in [0.29, 0.717) is 23.1 Å². The number of aromatic nitrogens is 4. The van der Waals surface area contributed by atoms with Crippen LogP contribution in [0.3, 0.4) is 0 Å². The third kappa shape index (κ3) is 3.99. The Morgan fingerprint density at radius 1 is 1.14 bits per heavy atom. The van der Waals surface area contributed by atoms with E-state index in [9.17, 15) is 4.79 Å². The summed E-state index contributed by atoms with van der Waals surface area (Å²) in [6.45, 7) is 2.75. The van der Waals surface area contributed by atoms with Gasteiger partial charge in [0, 0.05) is 49.0 Å². The van der Waals surface area contributed by atoms with Crippen LogP contribution < -0.4 is 15.0 Å². The molecule has 0 aliphatic heterocycles. The van der Waals surface area contributed by atoms with Crippen molar-refractivity contribution in [2.24, 2.45) is 0 Å². The largest absolute Gasteiger partial charge is 0.457 e. The number of fused-ring (bicyclic) bond motifs is 1. The van der Waals surface area contributed by atoms with Gasteiger partial charge in [0.15, 0.2) is 5.13 Å². The lowest BCUT2D eigenvalue weighted by atomic mass is 10.2. The van der Waals surface area contributed by atoms with Gasteiger partial charge in [-0.25, -0.2) is 15.0 Å². The maximum absolute atomic E-state index is 11.7. The zero-order valence-electron chi connectivity index (χ0n) is 15.9. The van der Waals surface area contributed by atoms with Gasteiger partial charge in [-0.1, -0.05) is 0 Å². The first-order valence-corrected chi connectivity index (χ1v) is 9.85. The van der Waals surface area contributed by atoms with Gasteiger partial charge >= 0.3 is 0 Å². The van der Waals surface area contributed by atoms with Crippen molar-refractivity contribution in [1.29, 1.82) is 0 Å². The van der Waals surface area contributed by atoms with Crippen LogP contribution in [0.1, 0.15) is 17.4 Å². The molecule has 3 aromatic heterocycles. The minimum Gasteiger partial charge on any atom is -0.457 e. The quantitative estimate of drug-likeness (QED) is 0.521. The number of carbonyl (C=O) groups is 1. The van der Waals surface area contributed by atoms with Gasteiger partial charge in [0.2, 0.25) is 5.95 Å². The fourth-order valence-corrected chi connectivity index (χ4v) is 3.47. The number of hydrogen-bond donors (Lipinski definition) is 1. The summed E-state index contributed by atoms with van der Waals surface area (Å²) in [5.41, 5.74) is 1.10. The molecule has 1 aromatic carbocycles. The minimum atomic E-state index is -0.268. The molecule has 0 radical (unpaired) electrons. The molecule has 1 amide bonds. The van der Waals surface area contributed by atoms with E-state index in [1.165, 1.54) is 6.20 Å². The standard InChI is InChI=1S/C20H18N6O2S/c1-3-26(20-23-8-9-29-20)19-24-12-13-10-14(4-5-16(13)25-19)28-15-6-7-22-17(11-15)18(27)21-2/h4-12H,3H2,1-2H3,(H,21,27). The van der Waals surface area contributed by atoms with Gasteiger partial charge in [0.1, 0.15) is 17.2 Å². The molecule has 29 heavy (non-hydrogen) atoms. The van der Waals surface area contributed by atoms with E-state index in [1.54, 1.807) is 42.9 Å². The normalized spacial score (nSPS) is 10.7. The Labute approximate surface area is 171 Å². The summed E-state index contributed by atoms with van der Waals surface area (Å²) in [5, 5.41) is 6.18. The molecule has 0 unspecified atom stereocenters. The summed E-state index contributed by atoms with van der Waals surface area (Å²) in [6, 6.07) is 8.86. The van der Waals surface area contributed by atoms with Gasteiger partial charge in [-0.3, -0.25) is 14.7 Å². The Hall–Kier alpha value is -3.59. The maximum Gasteiger partial charge on any atom is 0.269 e. The monoisotopic (exact) mass is 406 g/mol. The van der Waals surface area contributed by atoms with Crippen LogP contribution in [0.5, 0.6) is 11.5 Å². The number of ether oxygens (including phenoxy) is 1. The average molecular weight is 406 g/mol. The first-order valence-electron chi connectivity index (χ1n) is 8.97. The highest BCUT2D eigenvalue weighted by atomic mass is 32.1. The van der Waals surface area contributed by atoms with Crippen molar-refractivity contribution in [3.05, 3.63) is 60.0 Å². The minimum absolute atomic E-state index is 0.268. The maximum atomic E-state index is 11.7. The molecule has 8 nitrogen and oxygen atoms in total. The number of benzene rings is 1. The molecule has 1 N–H and O–H groups in total. The van der Waals surface area contributed by atoms with Gasteiger partial charge in [-0.15, -0.1) is 11.3 Å². The Morgan fingerprint density at radius 3 is 2.76 bits per heavy atom. The van der Waals surface area contributed by atoms with Crippen LogP contribution in [0.25, 0.3) is 10.9 Å². The summed E-state index contributed by atoms with van der Waals surface area (Å²) < 4.78 is 5.89. The number of carbonyl (C=O) groups excluding carboxylic acids is 1. The average Bonchev–Trinajstić information content (AvgIpc) is 3.28. The Kier molecular flexibility index (Phi) is 5.30. The number of rotatable bonds is 6. The molecule has 4 rings (SSSR count). The van der Waals surface area contributed by atoms with E-state index < -0.39 is 0 Å². The Bertz CT molecular complexity index is 1150. The molecular weight excluding hydrogens is 388 g/mol. The molecule has 0 spiro atoms. The smallest absolute Gasteiger partial charge is 0.269 e. The lowest BCUT2D eigenvalue weighted by Gasteiger charge is -2.17. The van der Waals surface area contributed by atoms with Crippen molar-refractivity contribution >= 4 is 39.2 Å². The van der Waals surface area contributed by atoms with E-state index in [2.05, 4.69) is 25.3 Å². The van der Waals surface area contributed by atoms with Crippen molar-refractivity contribution in [3.63, 3.8) is 0 Å². The van der Waals surface area contributed by atoms with Gasteiger partial charge in [0.25, 0.3) is 5.91 Å². The zero-order chi connectivity index (χ0) is 20.2. The topological polar surface area (TPSA) is 93.1 Å². The number of hydrogen-bond acceptors (Lipinski definition) is 8. The number of nitrogens with one attached hydrogen (secondary N) is 1. The fraction of sp³-hybridized carbons (Fsp3) is 0.150. The molecule has 0 aliphatic carbocycles. The Balaban J connectivity index is 1.60. The molecule has 4 aromatic rings. The van der Waals surface area contributed by atoms with Crippen LogP contribution >= 0.6 is 11.3 Å². The molecular formula is C20H18N6O2S. The van der Waals surface area contributed by atoms with Crippen LogP contribution in [0.4, 0.5) is 11.1 Å². The SMILES string of the molecule is CCN(c1ncc2cc(Oc3ccnc(C(=O)NC)c3)ccc2n1)c1nccs1. The summed E-state index contributed by atoms with van der Waals surface area (Å²) in [7, 11) is 1.56. The van der Waals surface area contributed by atoms with Crippen molar-refractivity contribution in [2.45, 2.75) is 6.92 Å².